The van der Waals surface area contributed by atoms with Crippen molar-refractivity contribution in [3.63, 3.8) is 0 Å². The summed E-state index contributed by atoms with van der Waals surface area (Å²) in [5.41, 5.74) is 2.82. The summed E-state index contributed by atoms with van der Waals surface area (Å²) in [5.74, 6) is -1.97. The average molecular weight is 399 g/mol. The fourth-order valence-electron chi connectivity index (χ4n) is 2.83. The first-order valence-corrected chi connectivity index (χ1v) is 9.39. The average Bonchev–Trinajstić information content (AvgIpc) is 2.67. The quantitative estimate of drug-likeness (QED) is 0.669. The van der Waals surface area contributed by atoms with Crippen molar-refractivity contribution in [3.8, 4) is 0 Å². The zero-order chi connectivity index (χ0) is 21.6. The Morgan fingerprint density at radius 3 is 2.10 bits per heavy atom. The van der Waals surface area contributed by atoms with Crippen molar-refractivity contribution in [1.82, 2.24) is 10.6 Å². The Labute approximate surface area is 169 Å². The van der Waals surface area contributed by atoms with E-state index in [0.717, 1.165) is 16.8 Å². The topological polar surface area (TPSA) is 87.3 Å². The molecule has 29 heavy (non-hydrogen) atoms. The Bertz CT molecular complexity index is 874. The van der Waals surface area contributed by atoms with Gasteiger partial charge in [0.05, 0.1) is 6.54 Å². The van der Waals surface area contributed by atoms with Crippen LogP contribution in [0.5, 0.6) is 0 Å². The summed E-state index contributed by atoms with van der Waals surface area (Å²) in [6.07, 6.45) is 0. The van der Waals surface area contributed by atoms with Gasteiger partial charge in [0.15, 0.2) is 0 Å². The minimum absolute atomic E-state index is 0.207. The lowest BCUT2D eigenvalue weighted by Crippen LogP contribution is -2.51. The molecule has 0 saturated carbocycles. The van der Waals surface area contributed by atoms with Crippen LogP contribution in [0.3, 0.4) is 0 Å². The van der Waals surface area contributed by atoms with Crippen LogP contribution in [0.2, 0.25) is 0 Å². The molecular formula is C22H26FN3O3. The number of para-hydroxylation sites is 1. The molecule has 3 amide bonds. The first-order valence-electron chi connectivity index (χ1n) is 9.39. The second-order valence-corrected chi connectivity index (χ2v) is 7.23. The third-order valence-corrected chi connectivity index (χ3v) is 4.51. The Hall–Kier alpha value is -3.22. The van der Waals surface area contributed by atoms with Crippen molar-refractivity contribution < 1.29 is 18.8 Å². The van der Waals surface area contributed by atoms with E-state index in [-0.39, 0.29) is 23.9 Å². The molecule has 0 aliphatic carbocycles. The van der Waals surface area contributed by atoms with Gasteiger partial charge in [0.25, 0.3) is 5.91 Å². The van der Waals surface area contributed by atoms with Crippen molar-refractivity contribution in [3.05, 3.63) is 65.0 Å². The van der Waals surface area contributed by atoms with Crippen LogP contribution in [0.25, 0.3) is 0 Å². The van der Waals surface area contributed by atoms with Crippen LogP contribution in [-0.2, 0) is 9.59 Å². The lowest BCUT2D eigenvalue weighted by atomic mass is 10.0. The van der Waals surface area contributed by atoms with Crippen LogP contribution in [0.1, 0.15) is 35.3 Å². The van der Waals surface area contributed by atoms with Crippen molar-refractivity contribution in [1.29, 1.82) is 0 Å². The highest BCUT2D eigenvalue weighted by Crippen LogP contribution is 2.19. The number of halogens is 1. The van der Waals surface area contributed by atoms with Gasteiger partial charge in [0.2, 0.25) is 11.8 Å². The molecule has 0 saturated heterocycles. The molecule has 0 aliphatic heterocycles. The van der Waals surface area contributed by atoms with Crippen molar-refractivity contribution in [2.45, 2.75) is 33.7 Å². The summed E-state index contributed by atoms with van der Waals surface area (Å²) in [6.45, 7) is 7.13. The highest BCUT2D eigenvalue weighted by atomic mass is 19.1. The minimum Gasteiger partial charge on any atom is -0.345 e. The number of aryl methyl sites for hydroxylation is 2. The van der Waals surface area contributed by atoms with E-state index in [9.17, 15) is 18.8 Å². The molecule has 1 atom stereocenters. The Morgan fingerprint density at radius 1 is 0.966 bits per heavy atom. The summed E-state index contributed by atoms with van der Waals surface area (Å²) in [7, 11) is 0. The molecule has 2 rings (SSSR count). The molecule has 0 radical (unpaired) electrons. The molecular weight excluding hydrogens is 373 g/mol. The van der Waals surface area contributed by atoms with Gasteiger partial charge in [-0.1, -0.05) is 32.0 Å². The van der Waals surface area contributed by atoms with Gasteiger partial charge in [0.1, 0.15) is 11.9 Å². The third kappa shape index (κ3) is 6.14. The van der Waals surface area contributed by atoms with E-state index in [4.69, 9.17) is 0 Å². The number of rotatable bonds is 7. The van der Waals surface area contributed by atoms with Crippen molar-refractivity contribution >= 4 is 23.4 Å². The van der Waals surface area contributed by atoms with E-state index >= 15 is 0 Å². The predicted molar refractivity (Wildman–Crippen MR) is 110 cm³/mol. The fraction of sp³-hybridized carbons (Fsp3) is 0.318. The number of nitrogens with one attached hydrogen (secondary N) is 3. The number of benzene rings is 2. The van der Waals surface area contributed by atoms with Gasteiger partial charge >= 0.3 is 0 Å². The summed E-state index contributed by atoms with van der Waals surface area (Å²) >= 11 is 0. The van der Waals surface area contributed by atoms with Crippen molar-refractivity contribution in [2.75, 3.05) is 11.9 Å². The second kappa shape index (κ2) is 9.82. The smallest absolute Gasteiger partial charge is 0.251 e. The predicted octanol–water partition coefficient (Wildman–Crippen LogP) is 2.95. The van der Waals surface area contributed by atoms with Crippen LogP contribution in [0.15, 0.2) is 42.5 Å². The summed E-state index contributed by atoms with van der Waals surface area (Å²) < 4.78 is 13.0. The maximum Gasteiger partial charge on any atom is 0.251 e. The van der Waals surface area contributed by atoms with Crippen LogP contribution in [-0.4, -0.2) is 30.3 Å². The zero-order valence-electron chi connectivity index (χ0n) is 17.0. The fourth-order valence-corrected chi connectivity index (χ4v) is 2.83. The SMILES string of the molecule is Cc1cccc(C)c1NC(=O)CNC(=O)[C@@H](NC(=O)c1ccc(F)cc1)C(C)C. The first kappa shape index (κ1) is 22.1. The normalized spacial score (nSPS) is 11.7. The van der Waals surface area contributed by atoms with Gasteiger partial charge in [-0.3, -0.25) is 14.4 Å². The standard InChI is InChI=1S/C22H26FN3O3/c1-13(2)19(26-21(28)16-8-10-17(23)11-9-16)22(29)24-12-18(27)25-20-14(3)6-5-7-15(20)4/h5-11,13,19H,12H2,1-4H3,(H,24,29)(H,25,27)(H,26,28)/t19-/m0/s1. The number of carbonyl (C=O) groups is 3. The highest BCUT2D eigenvalue weighted by molar-refractivity contribution is 5.99. The maximum absolute atomic E-state index is 13.0. The molecule has 6 nitrogen and oxygen atoms in total. The van der Waals surface area contributed by atoms with Gasteiger partial charge in [-0.25, -0.2) is 4.39 Å². The lowest BCUT2D eigenvalue weighted by Gasteiger charge is -2.22. The summed E-state index contributed by atoms with van der Waals surface area (Å²) in [4.78, 5) is 37.1. The van der Waals surface area contributed by atoms with E-state index in [0.29, 0.717) is 0 Å². The molecule has 0 fully saturated rings. The van der Waals surface area contributed by atoms with Gasteiger partial charge in [0, 0.05) is 11.3 Å². The number of carbonyl (C=O) groups excluding carboxylic acids is 3. The van der Waals surface area contributed by atoms with E-state index in [1.807, 2.05) is 32.0 Å². The van der Waals surface area contributed by atoms with Crippen molar-refractivity contribution in [2.24, 2.45) is 5.92 Å². The number of anilines is 1. The Morgan fingerprint density at radius 2 is 1.55 bits per heavy atom. The van der Waals surface area contributed by atoms with Gasteiger partial charge in [-0.05, 0) is 55.2 Å². The van der Waals surface area contributed by atoms with Gasteiger partial charge < -0.3 is 16.0 Å². The molecule has 2 aromatic rings. The monoisotopic (exact) mass is 399 g/mol. The molecule has 2 aromatic carbocycles. The zero-order valence-corrected chi connectivity index (χ0v) is 17.0. The molecule has 154 valence electrons. The summed E-state index contributed by atoms with van der Waals surface area (Å²) in [6, 6.07) is 9.89. The number of hydrogen-bond donors (Lipinski definition) is 3. The van der Waals surface area contributed by atoms with Gasteiger partial charge in [-0.15, -0.1) is 0 Å². The third-order valence-electron chi connectivity index (χ3n) is 4.51. The lowest BCUT2D eigenvalue weighted by molar-refractivity contribution is -0.126. The van der Waals surface area contributed by atoms with E-state index in [1.54, 1.807) is 13.8 Å². The molecule has 0 aromatic heterocycles. The summed E-state index contributed by atoms with van der Waals surface area (Å²) in [5, 5.41) is 8.00. The van der Waals surface area contributed by atoms with E-state index in [1.165, 1.54) is 24.3 Å². The van der Waals surface area contributed by atoms with E-state index < -0.39 is 23.7 Å². The number of amides is 3. The van der Waals surface area contributed by atoms with Gasteiger partial charge in [-0.2, -0.15) is 0 Å². The Balaban J connectivity index is 1.96. The van der Waals surface area contributed by atoms with Crippen LogP contribution in [0.4, 0.5) is 10.1 Å². The first-order chi connectivity index (χ1) is 13.7. The molecule has 0 bridgehead atoms. The molecule has 0 heterocycles. The molecule has 0 spiro atoms. The number of hydrogen-bond acceptors (Lipinski definition) is 3. The van der Waals surface area contributed by atoms with E-state index in [2.05, 4.69) is 16.0 Å². The highest BCUT2D eigenvalue weighted by Gasteiger charge is 2.25. The molecule has 3 N–H and O–H groups in total. The van der Waals surface area contributed by atoms with Crippen LogP contribution in [0, 0.1) is 25.6 Å². The molecule has 0 unspecified atom stereocenters. The molecule has 0 aliphatic rings. The van der Waals surface area contributed by atoms with Crippen LogP contribution >= 0.6 is 0 Å². The molecule has 7 heteroatoms. The van der Waals surface area contributed by atoms with Crippen LogP contribution < -0.4 is 16.0 Å². The largest absolute Gasteiger partial charge is 0.345 e. The minimum atomic E-state index is -0.833. The second-order valence-electron chi connectivity index (χ2n) is 7.23. The Kier molecular flexibility index (Phi) is 7.47. The maximum atomic E-state index is 13.0.